The first-order chi connectivity index (χ1) is 13.7. The van der Waals surface area contributed by atoms with Gasteiger partial charge in [-0.2, -0.15) is 0 Å². The zero-order chi connectivity index (χ0) is 21.1. The maximum absolute atomic E-state index is 12.4. The van der Waals surface area contributed by atoms with E-state index in [2.05, 4.69) is 9.71 Å². The number of aryl methyl sites for hydroxylation is 1. The molecule has 3 rings (SSSR count). The van der Waals surface area contributed by atoms with Gasteiger partial charge in [-0.3, -0.25) is 0 Å². The van der Waals surface area contributed by atoms with Crippen LogP contribution in [-0.4, -0.2) is 34.1 Å². The largest absolute Gasteiger partial charge is 0.444 e. The molecule has 0 spiro atoms. The fourth-order valence-corrected chi connectivity index (χ4v) is 4.56. The van der Waals surface area contributed by atoms with Crippen molar-refractivity contribution in [2.24, 2.45) is 0 Å². The molecule has 1 aromatic heterocycles. The van der Waals surface area contributed by atoms with Gasteiger partial charge in [0, 0.05) is 18.5 Å². The molecule has 0 radical (unpaired) electrons. The molecule has 0 saturated heterocycles. The lowest BCUT2D eigenvalue weighted by Crippen LogP contribution is -2.26. The molecule has 0 bridgehead atoms. The molecule has 0 atom stereocenters. The highest BCUT2D eigenvalue weighted by Crippen LogP contribution is 2.19. The van der Waals surface area contributed by atoms with Gasteiger partial charge in [0.15, 0.2) is 9.84 Å². The van der Waals surface area contributed by atoms with Crippen molar-refractivity contribution in [3.05, 3.63) is 66.1 Å². The van der Waals surface area contributed by atoms with E-state index in [-0.39, 0.29) is 22.1 Å². The second kappa shape index (κ2) is 8.48. The number of benzene rings is 2. The monoisotopic (exact) mass is 434 g/mol. The molecule has 0 aliphatic heterocycles. The molecule has 0 amide bonds. The zero-order valence-electron chi connectivity index (χ0n) is 16.1. The van der Waals surface area contributed by atoms with E-state index in [1.165, 1.54) is 37.5 Å². The normalized spacial score (nSPS) is 12.2. The van der Waals surface area contributed by atoms with Gasteiger partial charge in [0.25, 0.3) is 0 Å². The first-order valence-corrected chi connectivity index (χ1v) is 12.2. The molecule has 0 saturated carbocycles. The van der Waals surface area contributed by atoms with Gasteiger partial charge in [0.1, 0.15) is 6.26 Å². The van der Waals surface area contributed by atoms with E-state index in [9.17, 15) is 16.8 Å². The first kappa shape index (κ1) is 21.2. The SMILES string of the molecule is CCS(=O)(=O)c1ccc(S(=O)(=O)NCCc2coc(-c3ccc(C)cc3)n2)cc1. The van der Waals surface area contributed by atoms with Crippen LogP contribution in [0.4, 0.5) is 0 Å². The minimum Gasteiger partial charge on any atom is -0.444 e. The molecule has 1 heterocycles. The molecule has 7 nitrogen and oxygen atoms in total. The average molecular weight is 435 g/mol. The molecule has 0 unspecified atom stereocenters. The Kier molecular flexibility index (Phi) is 6.21. The molecular formula is C20H22N2O5S2. The van der Waals surface area contributed by atoms with Crippen LogP contribution in [0.1, 0.15) is 18.2 Å². The van der Waals surface area contributed by atoms with Crippen molar-refractivity contribution in [3.8, 4) is 11.5 Å². The van der Waals surface area contributed by atoms with Gasteiger partial charge in [-0.05, 0) is 43.3 Å². The van der Waals surface area contributed by atoms with Gasteiger partial charge in [0.2, 0.25) is 15.9 Å². The summed E-state index contributed by atoms with van der Waals surface area (Å²) in [6, 6.07) is 12.9. The van der Waals surface area contributed by atoms with Gasteiger partial charge in [0.05, 0.1) is 21.2 Å². The van der Waals surface area contributed by atoms with Gasteiger partial charge in [-0.15, -0.1) is 0 Å². The van der Waals surface area contributed by atoms with Gasteiger partial charge < -0.3 is 4.42 Å². The maximum Gasteiger partial charge on any atom is 0.240 e. The number of hydrogen-bond acceptors (Lipinski definition) is 6. The molecular weight excluding hydrogens is 412 g/mol. The highest BCUT2D eigenvalue weighted by Gasteiger charge is 2.17. The summed E-state index contributed by atoms with van der Waals surface area (Å²) in [7, 11) is -7.12. The Hall–Kier alpha value is -2.49. The van der Waals surface area contributed by atoms with Crippen molar-refractivity contribution in [2.75, 3.05) is 12.3 Å². The van der Waals surface area contributed by atoms with Crippen molar-refractivity contribution in [1.82, 2.24) is 9.71 Å². The van der Waals surface area contributed by atoms with Crippen molar-refractivity contribution >= 4 is 19.9 Å². The molecule has 29 heavy (non-hydrogen) atoms. The van der Waals surface area contributed by atoms with Crippen LogP contribution in [0.25, 0.3) is 11.5 Å². The minimum absolute atomic E-state index is 0.00745. The summed E-state index contributed by atoms with van der Waals surface area (Å²) >= 11 is 0. The summed E-state index contributed by atoms with van der Waals surface area (Å²) in [5, 5.41) is 0. The summed E-state index contributed by atoms with van der Waals surface area (Å²) in [5.41, 5.74) is 2.62. The molecule has 154 valence electrons. The summed E-state index contributed by atoms with van der Waals surface area (Å²) in [4.78, 5) is 4.49. The van der Waals surface area contributed by atoms with E-state index in [4.69, 9.17) is 4.42 Å². The number of rotatable bonds is 8. The van der Waals surface area contributed by atoms with E-state index < -0.39 is 19.9 Å². The Labute approximate surface area is 170 Å². The number of hydrogen-bond donors (Lipinski definition) is 1. The van der Waals surface area contributed by atoms with Crippen LogP contribution in [0.15, 0.2) is 69.0 Å². The third-order valence-corrected chi connectivity index (χ3v) is 7.62. The lowest BCUT2D eigenvalue weighted by atomic mass is 10.1. The van der Waals surface area contributed by atoms with E-state index in [0.717, 1.165) is 11.1 Å². The number of nitrogens with one attached hydrogen (secondary N) is 1. The highest BCUT2D eigenvalue weighted by atomic mass is 32.2. The van der Waals surface area contributed by atoms with Crippen molar-refractivity contribution in [3.63, 3.8) is 0 Å². The third kappa shape index (κ3) is 5.11. The molecule has 2 aromatic carbocycles. The maximum atomic E-state index is 12.4. The quantitative estimate of drug-likeness (QED) is 0.584. The molecule has 9 heteroatoms. The van der Waals surface area contributed by atoms with Crippen LogP contribution < -0.4 is 4.72 Å². The van der Waals surface area contributed by atoms with Crippen LogP contribution in [0, 0.1) is 6.92 Å². The number of oxazole rings is 1. The highest BCUT2D eigenvalue weighted by molar-refractivity contribution is 7.91. The summed E-state index contributed by atoms with van der Waals surface area (Å²) < 4.78 is 56.4. The van der Waals surface area contributed by atoms with Crippen molar-refractivity contribution in [2.45, 2.75) is 30.1 Å². The first-order valence-electron chi connectivity index (χ1n) is 9.05. The second-order valence-electron chi connectivity index (χ2n) is 6.53. The van der Waals surface area contributed by atoms with Gasteiger partial charge in [-0.25, -0.2) is 26.5 Å². The topological polar surface area (TPSA) is 106 Å². The van der Waals surface area contributed by atoms with Gasteiger partial charge >= 0.3 is 0 Å². The zero-order valence-corrected chi connectivity index (χ0v) is 17.8. The lowest BCUT2D eigenvalue weighted by molar-refractivity contribution is 0.570. The standard InChI is InChI=1S/C20H22N2O5S2/c1-3-28(23,24)18-8-10-19(11-9-18)29(25,26)21-13-12-17-14-27-20(22-17)16-6-4-15(2)5-7-16/h4-11,14,21H,3,12-13H2,1-2H3. The minimum atomic E-state index is -3.75. The smallest absolute Gasteiger partial charge is 0.240 e. The lowest BCUT2D eigenvalue weighted by Gasteiger charge is -2.07. The van der Waals surface area contributed by atoms with Crippen LogP contribution in [-0.2, 0) is 26.3 Å². The molecule has 0 aliphatic rings. The Morgan fingerprint density at radius 3 is 2.17 bits per heavy atom. The van der Waals surface area contributed by atoms with E-state index >= 15 is 0 Å². The van der Waals surface area contributed by atoms with E-state index in [1.54, 1.807) is 0 Å². The average Bonchev–Trinajstić information content (AvgIpc) is 3.17. The van der Waals surface area contributed by atoms with Gasteiger partial charge in [-0.1, -0.05) is 24.6 Å². The van der Waals surface area contributed by atoms with Crippen LogP contribution in [0.2, 0.25) is 0 Å². The van der Waals surface area contributed by atoms with E-state index in [0.29, 0.717) is 18.0 Å². The number of nitrogens with zero attached hydrogens (tertiary/aromatic N) is 1. The molecule has 0 fully saturated rings. The molecule has 3 aromatic rings. The van der Waals surface area contributed by atoms with E-state index in [1.807, 2.05) is 31.2 Å². The van der Waals surface area contributed by atoms with Crippen LogP contribution in [0.3, 0.4) is 0 Å². The summed E-state index contributed by atoms with van der Waals surface area (Å²) in [6.45, 7) is 3.67. The fourth-order valence-electron chi connectivity index (χ4n) is 2.64. The predicted molar refractivity (Wildman–Crippen MR) is 110 cm³/mol. The second-order valence-corrected chi connectivity index (χ2v) is 10.6. The Bertz CT molecular complexity index is 1180. The van der Waals surface area contributed by atoms with Crippen LogP contribution in [0.5, 0.6) is 0 Å². The third-order valence-electron chi connectivity index (χ3n) is 4.40. The van der Waals surface area contributed by atoms with Crippen LogP contribution >= 0.6 is 0 Å². The Morgan fingerprint density at radius 2 is 1.55 bits per heavy atom. The molecule has 1 N–H and O–H groups in total. The Morgan fingerprint density at radius 1 is 0.931 bits per heavy atom. The summed E-state index contributed by atoms with van der Waals surface area (Å²) in [6.07, 6.45) is 1.87. The molecule has 0 aliphatic carbocycles. The number of sulfone groups is 1. The number of aromatic nitrogens is 1. The Balaban J connectivity index is 1.62. The van der Waals surface area contributed by atoms with Crippen molar-refractivity contribution < 1.29 is 21.3 Å². The predicted octanol–water partition coefficient (Wildman–Crippen LogP) is 2.96. The van der Waals surface area contributed by atoms with Crippen molar-refractivity contribution in [1.29, 1.82) is 0 Å². The fraction of sp³-hybridized carbons (Fsp3) is 0.250. The number of sulfonamides is 1. The summed E-state index contributed by atoms with van der Waals surface area (Å²) in [5.74, 6) is 0.440.